The summed E-state index contributed by atoms with van der Waals surface area (Å²) in [6.45, 7) is 1.39. The Morgan fingerprint density at radius 3 is 2.00 bits per heavy atom. The van der Waals surface area contributed by atoms with Gasteiger partial charge in [0.25, 0.3) is 0 Å². The maximum atomic E-state index is 8.53. The van der Waals surface area contributed by atoms with Crippen LogP contribution in [0, 0.1) is 5.41 Å². The highest BCUT2D eigenvalue weighted by Gasteiger charge is 2.24. The van der Waals surface area contributed by atoms with E-state index in [0.29, 0.717) is 6.54 Å². The van der Waals surface area contributed by atoms with Gasteiger partial charge in [-0.05, 0) is 40.8 Å². The summed E-state index contributed by atoms with van der Waals surface area (Å²) in [7, 11) is 5.32. The quantitative estimate of drug-likeness (QED) is 0.126. The third-order valence-corrected chi connectivity index (χ3v) is 7.29. The Kier molecular flexibility index (Phi) is 9.14. The Morgan fingerprint density at radius 1 is 0.762 bits per heavy atom. The number of nitrogens with one attached hydrogen (secondary N) is 1. The molecular weight excluding hydrogens is 520 g/mol. The van der Waals surface area contributed by atoms with Crippen LogP contribution >= 0.6 is 0 Å². The van der Waals surface area contributed by atoms with E-state index in [1.54, 1.807) is 14.2 Å². The number of aromatic nitrogens is 1. The smallest absolute Gasteiger partial charge is 0.160 e. The molecule has 0 amide bonds. The first kappa shape index (κ1) is 28.4. The lowest BCUT2D eigenvalue weighted by molar-refractivity contribution is 0.354. The van der Waals surface area contributed by atoms with Crippen LogP contribution < -0.4 is 9.47 Å². The Hall–Kier alpha value is -5.10. The fraction of sp³-hybridized carbons (Fsp3) is 0.167. The summed E-state index contributed by atoms with van der Waals surface area (Å²) in [4.78, 5) is 7.12. The van der Waals surface area contributed by atoms with Gasteiger partial charge in [0.2, 0.25) is 0 Å². The Bertz CT molecular complexity index is 1640. The highest BCUT2D eigenvalue weighted by atomic mass is 16.5. The van der Waals surface area contributed by atoms with E-state index in [0.717, 1.165) is 63.8 Å². The molecule has 5 rings (SSSR count). The standard InChI is InChI=1S/C36H36N4O2/c1-39(22-21-27-19-20-32(41-2)33(23-27)42-3)26-38-36-31(24-37)34(29-15-9-5-10-16-29)35(30-17-11-6-12-18-30)40(36)25-28-13-7-4-8-14-28/h4-20,23-24,26,37H,21-22,25H2,1-3H3/b37-24?,38-26-. The summed E-state index contributed by atoms with van der Waals surface area (Å²) in [5, 5.41) is 8.53. The summed E-state index contributed by atoms with van der Waals surface area (Å²) in [5.74, 6) is 2.20. The Balaban J connectivity index is 1.56. The summed E-state index contributed by atoms with van der Waals surface area (Å²) in [5.41, 5.74) is 7.30. The number of likely N-dealkylation sites (N-methyl/N-ethyl adjacent to an activating group) is 1. The van der Waals surface area contributed by atoms with Gasteiger partial charge >= 0.3 is 0 Å². The first-order valence-electron chi connectivity index (χ1n) is 14.0. The normalized spacial score (nSPS) is 11.0. The first-order chi connectivity index (χ1) is 20.6. The maximum absolute atomic E-state index is 8.53. The van der Waals surface area contributed by atoms with E-state index >= 15 is 0 Å². The largest absolute Gasteiger partial charge is 0.493 e. The van der Waals surface area contributed by atoms with Crippen molar-refractivity contribution in [3.63, 3.8) is 0 Å². The highest BCUT2D eigenvalue weighted by molar-refractivity contribution is 6.02. The van der Waals surface area contributed by atoms with Crippen molar-refractivity contribution in [1.82, 2.24) is 9.47 Å². The molecule has 42 heavy (non-hydrogen) atoms. The molecule has 0 fully saturated rings. The van der Waals surface area contributed by atoms with E-state index in [1.165, 1.54) is 11.8 Å². The molecule has 1 N–H and O–H groups in total. The van der Waals surface area contributed by atoms with Crippen LogP contribution in [0.5, 0.6) is 11.5 Å². The van der Waals surface area contributed by atoms with Crippen molar-refractivity contribution < 1.29 is 9.47 Å². The average Bonchev–Trinajstić information content (AvgIpc) is 3.36. The van der Waals surface area contributed by atoms with Crippen molar-refractivity contribution >= 4 is 18.4 Å². The van der Waals surface area contributed by atoms with E-state index in [1.807, 2.05) is 55.9 Å². The fourth-order valence-electron chi connectivity index (χ4n) is 5.17. The van der Waals surface area contributed by atoms with Crippen LogP contribution in [0.2, 0.25) is 0 Å². The van der Waals surface area contributed by atoms with Crippen molar-refractivity contribution in [3.8, 4) is 33.9 Å². The SMILES string of the molecule is COc1ccc(CCN(C)/C=N\c2c(C=N)c(-c3ccccc3)c(-c3ccccc3)n2Cc2ccccc2)cc1OC. The van der Waals surface area contributed by atoms with Gasteiger partial charge in [-0.3, -0.25) is 0 Å². The fourth-order valence-corrected chi connectivity index (χ4v) is 5.17. The Labute approximate surface area is 248 Å². The van der Waals surface area contributed by atoms with Gasteiger partial charge in [-0.1, -0.05) is 97.1 Å². The second-order valence-corrected chi connectivity index (χ2v) is 10.1. The van der Waals surface area contributed by atoms with Gasteiger partial charge in [0.1, 0.15) is 5.82 Å². The zero-order chi connectivity index (χ0) is 29.3. The lowest BCUT2D eigenvalue weighted by Gasteiger charge is -2.16. The molecule has 0 aliphatic carbocycles. The Morgan fingerprint density at radius 2 is 1.38 bits per heavy atom. The van der Waals surface area contributed by atoms with E-state index in [9.17, 15) is 0 Å². The summed E-state index contributed by atoms with van der Waals surface area (Å²) in [6.07, 6.45) is 4.12. The zero-order valence-corrected chi connectivity index (χ0v) is 24.3. The molecular formula is C36H36N4O2. The molecule has 0 bridgehead atoms. The van der Waals surface area contributed by atoms with Gasteiger partial charge < -0.3 is 24.4 Å². The number of benzene rings is 4. The van der Waals surface area contributed by atoms with Crippen LogP contribution in [-0.2, 0) is 13.0 Å². The third kappa shape index (κ3) is 6.28. The second kappa shape index (κ2) is 13.5. The molecule has 0 saturated carbocycles. The van der Waals surface area contributed by atoms with Gasteiger partial charge in [0.05, 0.1) is 26.3 Å². The molecule has 4 aromatic carbocycles. The van der Waals surface area contributed by atoms with Gasteiger partial charge in [-0.15, -0.1) is 0 Å². The number of methoxy groups -OCH3 is 2. The van der Waals surface area contributed by atoms with Crippen molar-refractivity contribution in [2.24, 2.45) is 4.99 Å². The topological polar surface area (TPSA) is 62.8 Å². The lowest BCUT2D eigenvalue weighted by Crippen LogP contribution is -2.19. The van der Waals surface area contributed by atoms with Crippen LogP contribution in [0.1, 0.15) is 16.7 Å². The van der Waals surface area contributed by atoms with E-state index < -0.39 is 0 Å². The number of nitrogens with zero attached hydrogens (tertiary/aromatic N) is 3. The molecule has 0 radical (unpaired) electrons. The molecule has 6 nitrogen and oxygen atoms in total. The highest BCUT2D eigenvalue weighted by Crippen LogP contribution is 2.42. The molecule has 1 heterocycles. The van der Waals surface area contributed by atoms with Gasteiger partial charge in [-0.2, -0.15) is 0 Å². The van der Waals surface area contributed by atoms with Crippen LogP contribution in [0.15, 0.2) is 114 Å². The predicted octanol–water partition coefficient (Wildman–Crippen LogP) is 7.72. The lowest BCUT2D eigenvalue weighted by atomic mass is 9.98. The minimum Gasteiger partial charge on any atom is -0.493 e. The maximum Gasteiger partial charge on any atom is 0.160 e. The molecule has 0 unspecified atom stereocenters. The molecule has 0 atom stereocenters. The van der Waals surface area contributed by atoms with Gasteiger partial charge in [0, 0.05) is 37.5 Å². The van der Waals surface area contributed by atoms with E-state index in [-0.39, 0.29) is 0 Å². The number of rotatable bonds is 12. The predicted molar refractivity (Wildman–Crippen MR) is 173 cm³/mol. The van der Waals surface area contributed by atoms with E-state index in [4.69, 9.17) is 19.9 Å². The van der Waals surface area contributed by atoms with Gasteiger partial charge in [-0.25, -0.2) is 4.99 Å². The van der Waals surface area contributed by atoms with E-state index in [2.05, 4.69) is 76.2 Å². The monoisotopic (exact) mass is 556 g/mol. The van der Waals surface area contributed by atoms with Crippen LogP contribution in [0.3, 0.4) is 0 Å². The number of hydrogen-bond acceptors (Lipinski definition) is 4. The minimum atomic E-state index is 0.626. The molecule has 1 aromatic heterocycles. The zero-order valence-electron chi connectivity index (χ0n) is 24.3. The average molecular weight is 557 g/mol. The second-order valence-electron chi connectivity index (χ2n) is 10.1. The van der Waals surface area contributed by atoms with Crippen molar-refractivity contribution in [2.75, 3.05) is 27.8 Å². The third-order valence-electron chi connectivity index (χ3n) is 7.29. The number of hydrogen-bond donors (Lipinski definition) is 1. The summed E-state index contributed by atoms with van der Waals surface area (Å²) in [6, 6.07) is 37.1. The number of aliphatic imine (C=N–C) groups is 1. The van der Waals surface area contributed by atoms with Crippen LogP contribution in [0.4, 0.5) is 5.82 Å². The molecule has 6 heteroatoms. The van der Waals surface area contributed by atoms with Crippen molar-refractivity contribution in [1.29, 1.82) is 5.41 Å². The summed E-state index contributed by atoms with van der Waals surface area (Å²) < 4.78 is 13.1. The molecule has 0 aliphatic heterocycles. The molecule has 212 valence electrons. The molecule has 0 aliphatic rings. The molecule has 0 saturated heterocycles. The first-order valence-corrected chi connectivity index (χ1v) is 14.0. The number of ether oxygens (including phenoxy) is 2. The van der Waals surface area contributed by atoms with Crippen molar-refractivity contribution in [2.45, 2.75) is 13.0 Å². The van der Waals surface area contributed by atoms with Gasteiger partial charge in [0.15, 0.2) is 11.5 Å². The molecule has 0 spiro atoms. The minimum absolute atomic E-state index is 0.626. The van der Waals surface area contributed by atoms with Crippen LogP contribution in [-0.4, -0.2) is 49.8 Å². The van der Waals surface area contributed by atoms with Crippen molar-refractivity contribution in [3.05, 3.63) is 126 Å². The van der Waals surface area contributed by atoms with Crippen LogP contribution in [0.25, 0.3) is 22.4 Å². The molecule has 5 aromatic rings. The summed E-state index contributed by atoms with van der Waals surface area (Å²) >= 11 is 0.